The average Bonchev–Trinajstić information content (AvgIpc) is 2.59. The Morgan fingerprint density at radius 3 is 1.89 bits per heavy atom. The topological polar surface area (TPSA) is 128 Å². The molecule has 9 nitrogen and oxygen atoms in total. The monoisotopic (exact) mass is 417 g/mol. The minimum atomic E-state index is -0.819. The average molecular weight is 418 g/mol. The number of hydrogen-bond acceptors (Lipinski definition) is 6. The zero-order valence-corrected chi connectivity index (χ0v) is 18.5. The highest BCUT2D eigenvalue weighted by Gasteiger charge is 2.27. The first-order valence-electron chi connectivity index (χ1n) is 9.49. The van der Waals surface area contributed by atoms with E-state index in [1.165, 1.54) is 0 Å². The number of nitrogens with one attached hydrogen (secondary N) is 5. The van der Waals surface area contributed by atoms with Crippen molar-refractivity contribution in [3.8, 4) is 0 Å². The summed E-state index contributed by atoms with van der Waals surface area (Å²) >= 11 is 4.09. The Morgan fingerprint density at radius 2 is 1.39 bits per heavy atom. The second kappa shape index (κ2) is 13.4. The number of carbonyl (C=O) groups excluding carboxylic acids is 4. The van der Waals surface area contributed by atoms with Crippen molar-refractivity contribution in [1.29, 1.82) is 0 Å². The lowest BCUT2D eigenvalue weighted by Crippen LogP contribution is -2.56. The van der Waals surface area contributed by atoms with Crippen LogP contribution in [-0.4, -0.2) is 60.7 Å². The predicted octanol–water partition coefficient (Wildman–Crippen LogP) is -0.614. The van der Waals surface area contributed by atoms with E-state index in [0.717, 1.165) is 0 Å². The lowest BCUT2D eigenvalue weighted by atomic mass is 10.0. The predicted molar refractivity (Wildman–Crippen MR) is 112 cm³/mol. The molecule has 0 aromatic carbocycles. The maximum Gasteiger partial charge on any atom is 0.243 e. The molecule has 0 saturated heterocycles. The molecule has 4 amide bonds. The van der Waals surface area contributed by atoms with Gasteiger partial charge in [-0.3, -0.25) is 24.5 Å². The van der Waals surface area contributed by atoms with E-state index in [4.69, 9.17) is 0 Å². The van der Waals surface area contributed by atoms with Crippen molar-refractivity contribution in [1.82, 2.24) is 26.6 Å². The van der Waals surface area contributed by atoms with Crippen molar-refractivity contribution >= 4 is 36.3 Å². The van der Waals surface area contributed by atoms with Gasteiger partial charge in [0.25, 0.3) is 0 Å². The lowest BCUT2D eigenvalue weighted by Gasteiger charge is -2.24. The van der Waals surface area contributed by atoms with E-state index in [-0.39, 0.29) is 36.2 Å². The molecule has 0 radical (unpaired) electrons. The highest BCUT2D eigenvalue weighted by molar-refractivity contribution is 7.80. The smallest absolute Gasteiger partial charge is 0.243 e. The highest BCUT2D eigenvalue weighted by atomic mass is 32.1. The normalized spacial score (nSPS) is 14.2. The zero-order valence-electron chi connectivity index (χ0n) is 17.6. The maximum atomic E-state index is 12.5. The van der Waals surface area contributed by atoms with Gasteiger partial charge in [0, 0.05) is 11.9 Å². The molecule has 0 aliphatic heterocycles. The molecular formula is C18H35N5O4S. The van der Waals surface area contributed by atoms with Gasteiger partial charge in [0.1, 0.15) is 12.1 Å². The molecule has 0 aromatic heterocycles. The van der Waals surface area contributed by atoms with Crippen LogP contribution in [0.2, 0.25) is 0 Å². The summed E-state index contributed by atoms with van der Waals surface area (Å²) < 4.78 is 0. The first kappa shape index (κ1) is 26.2. The van der Waals surface area contributed by atoms with Crippen LogP contribution in [0.25, 0.3) is 0 Å². The van der Waals surface area contributed by atoms with Crippen LogP contribution in [0.5, 0.6) is 0 Å². The summed E-state index contributed by atoms with van der Waals surface area (Å²) in [7, 11) is 0. The lowest BCUT2D eigenvalue weighted by molar-refractivity contribution is -0.133. The molecule has 10 heteroatoms. The van der Waals surface area contributed by atoms with Crippen molar-refractivity contribution in [2.75, 3.05) is 19.6 Å². The van der Waals surface area contributed by atoms with E-state index in [0.29, 0.717) is 12.5 Å². The van der Waals surface area contributed by atoms with Crippen molar-refractivity contribution in [2.24, 2.45) is 11.8 Å². The minimum absolute atomic E-state index is 0.0368. The number of rotatable bonds is 12. The molecule has 0 fully saturated rings. The SMILES string of the molecule is CC(C)CNC(=O)[C@H](C)NC(=O)[C@@H](NC(=O)CNC(=O)CN[C@H](C)S)C(C)C. The van der Waals surface area contributed by atoms with Gasteiger partial charge in [0.2, 0.25) is 23.6 Å². The summed E-state index contributed by atoms with van der Waals surface area (Å²) in [4.78, 5) is 48.2. The third-order valence-corrected chi connectivity index (χ3v) is 3.89. The number of hydrogen-bond donors (Lipinski definition) is 6. The van der Waals surface area contributed by atoms with Gasteiger partial charge in [-0.25, -0.2) is 0 Å². The maximum absolute atomic E-state index is 12.5. The quantitative estimate of drug-likeness (QED) is 0.186. The Labute approximate surface area is 172 Å². The molecule has 0 spiro atoms. The van der Waals surface area contributed by atoms with Crippen LogP contribution in [0.4, 0.5) is 0 Å². The fraction of sp³-hybridized carbons (Fsp3) is 0.778. The Hall–Kier alpha value is -1.81. The fourth-order valence-electron chi connectivity index (χ4n) is 2.07. The molecule has 0 bridgehead atoms. The molecular weight excluding hydrogens is 382 g/mol. The molecule has 0 aliphatic carbocycles. The van der Waals surface area contributed by atoms with Crippen LogP contribution in [-0.2, 0) is 19.2 Å². The summed E-state index contributed by atoms with van der Waals surface area (Å²) in [6, 6.07) is -1.54. The van der Waals surface area contributed by atoms with Crippen molar-refractivity contribution < 1.29 is 19.2 Å². The molecule has 3 atom stereocenters. The summed E-state index contributed by atoms with van der Waals surface area (Å²) in [6.07, 6.45) is 0. The molecule has 0 unspecified atom stereocenters. The van der Waals surface area contributed by atoms with Gasteiger partial charge in [0.15, 0.2) is 0 Å². The van der Waals surface area contributed by atoms with Crippen molar-refractivity contribution in [3.05, 3.63) is 0 Å². The second-order valence-electron chi connectivity index (χ2n) is 7.49. The van der Waals surface area contributed by atoms with E-state index in [2.05, 4.69) is 39.2 Å². The van der Waals surface area contributed by atoms with Gasteiger partial charge in [-0.05, 0) is 25.7 Å². The summed E-state index contributed by atoms with van der Waals surface area (Å²) in [5.74, 6) is -1.47. The largest absolute Gasteiger partial charge is 0.354 e. The van der Waals surface area contributed by atoms with Crippen LogP contribution in [0.1, 0.15) is 41.5 Å². The van der Waals surface area contributed by atoms with Crippen LogP contribution < -0.4 is 26.6 Å². The number of thiol groups is 1. The molecule has 0 aromatic rings. The summed E-state index contributed by atoms with van der Waals surface area (Å²) in [5.41, 5.74) is 0. The van der Waals surface area contributed by atoms with Gasteiger partial charge < -0.3 is 21.3 Å². The van der Waals surface area contributed by atoms with E-state index in [1.54, 1.807) is 27.7 Å². The van der Waals surface area contributed by atoms with Gasteiger partial charge in [-0.15, -0.1) is 0 Å². The van der Waals surface area contributed by atoms with Gasteiger partial charge in [-0.1, -0.05) is 27.7 Å². The Morgan fingerprint density at radius 1 is 0.786 bits per heavy atom. The van der Waals surface area contributed by atoms with Crippen LogP contribution in [0, 0.1) is 11.8 Å². The fourth-order valence-corrected chi connectivity index (χ4v) is 2.16. The molecule has 0 heterocycles. The highest BCUT2D eigenvalue weighted by Crippen LogP contribution is 2.02. The van der Waals surface area contributed by atoms with Gasteiger partial charge >= 0.3 is 0 Å². The summed E-state index contributed by atoms with van der Waals surface area (Å²) in [6.45, 7) is 11.2. The Bertz CT molecular complexity index is 540. The molecule has 162 valence electrons. The molecule has 28 heavy (non-hydrogen) atoms. The standard InChI is InChI=1S/C18H35N5O4S/c1-10(2)7-21-17(26)12(5)22-18(27)16(11(3)4)23-15(25)9-20-14(24)8-19-13(6)28/h10-13,16,19,28H,7-9H2,1-6H3,(H,20,24)(H,21,26)(H,22,27)(H,23,25)/t12-,13-,16-/m0/s1. The Balaban J connectivity index is 4.55. The van der Waals surface area contributed by atoms with Gasteiger partial charge in [0.05, 0.1) is 13.1 Å². The van der Waals surface area contributed by atoms with Crippen molar-refractivity contribution in [3.63, 3.8) is 0 Å². The van der Waals surface area contributed by atoms with E-state index < -0.39 is 23.9 Å². The van der Waals surface area contributed by atoms with Crippen LogP contribution >= 0.6 is 12.6 Å². The third-order valence-electron chi connectivity index (χ3n) is 3.71. The first-order chi connectivity index (χ1) is 12.9. The third kappa shape index (κ3) is 11.8. The second-order valence-corrected chi connectivity index (χ2v) is 8.27. The molecule has 0 aliphatic rings. The summed E-state index contributed by atoms with van der Waals surface area (Å²) in [5, 5.41) is 13.1. The zero-order chi connectivity index (χ0) is 21.9. The minimum Gasteiger partial charge on any atom is -0.354 e. The first-order valence-corrected chi connectivity index (χ1v) is 10.0. The number of amides is 4. The van der Waals surface area contributed by atoms with E-state index in [9.17, 15) is 19.2 Å². The van der Waals surface area contributed by atoms with E-state index >= 15 is 0 Å². The van der Waals surface area contributed by atoms with E-state index in [1.807, 2.05) is 13.8 Å². The van der Waals surface area contributed by atoms with Crippen LogP contribution in [0.3, 0.4) is 0 Å². The number of carbonyl (C=O) groups is 4. The molecule has 0 rings (SSSR count). The van der Waals surface area contributed by atoms with Gasteiger partial charge in [-0.2, -0.15) is 12.6 Å². The molecule has 0 saturated carbocycles. The molecule has 5 N–H and O–H groups in total. The van der Waals surface area contributed by atoms with Crippen molar-refractivity contribution in [2.45, 2.75) is 59.0 Å². The van der Waals surface area contributed by atoms with Crippen LogP contribution in [0.15, 0.2) is 0 Å². The Kier molecular flexibility index (Phi) is 12.5.